The highest BCUT2D eigenvalue weighted by atomic mass is 79.9. The largest absolute Gasteiger partial charge is 0.290 e. The van der Waals surface area contributed by atoms with Gasteiger partial charge in [-0.3, -0.25) is 14.0 Å². The monoisotopic (exact) mass is 370 g/mol. The van der Waals surface area contributed by atoms with Crippen molar-refractivity contribution in [1.82, 2.24) is 19.3 Å². The fraction of sp³-hybridized carbons (Fsp3) is 0.500. The van der Waals surface area contributed by atoms with E-state index in [1.54, 1.807) is 4.57 Å². The highest BCUT2D eigenvalue weighted by Gasteiger charge is 2.29. The molecule has 0 saturated heterocycles. The van der Waals surface area contributed by atoms with Gasteiger partial charge >= 0.3 is 0 Å². The minimum atomic E-state index is -0.108. The zero-order valence-electron chi connectivity index (χ0n) is 11.9. The minimum Gasteiger partial charge on any atom is -0.290 e. The van der Waals surface area contributed by atoms with Crippen LogP contribution < -0.4 is 5.56 Å². The Kier molecular flexibility index (Phi) is 3.92. The summed E-state index contributed by atoms with van der Waals surface area (Å²) in [5.74, 6) is 1.15. The molecule has 0 aromatic carbocycles. The lowest BCUT2D eigenvalue weighted by molar-refractivity contribution is 0.612. The van der Waals surface area contributed by atoms with Gasteiger partial charge in [0.2, 0.25) is 0 Å². The van der Waals surface area contributed by atoms with Crippen molar-refractivity contribution >= 4 is 27.5 Å². The molecule has 1 fully saturated rings. The molecule has 2 aromatic rings. The van der Waals surface area contributed by atoms with Crippen molar-refractivity contribution < 1.29 is 0 Å². The molecule has 0 N–H and O–H groups in total. The van der Waals surface area contributed by atoms with E-state index in [2.05, 4.69) is 32.9 Å². The molecule has 1 saturated carbocycles. The molecule has 2 heterocycles. The van der Waals surface area contributed by atoms with Gasteiger partial charge in [0.1, 0.15) is 11.0 Å². The van der Waals surface area contributed by atoms with Crippen LogP contribution in [-0.4, -0.2) is 19.3 Å². The first-order valence-corrected chi connectivity index (χ1v) is 8.15. The van der Waals surface area contributed by atoms with Gasteiger partial charge in [0.05, 0.1) is 22.4 Å². The predicted octanol–water partition coefficient (Wildman–Crippen LogP) is 2.88. The second-order valence-electron chi connectivity index (χ2n) is 5.32. The van der Waals surface area contributed by atoms with Crippen molar-refractivity contribution in [3.63, 3.8) is 0 Å². The Balaban J connectivity index is 2.06. The van der Waals surface area contributed by atoms with Crippen molar-refractivity contribution in [1.29, 1.82) is 0 Å². The molecule has 0 bridgehead atoms. The second-order valence-corrected chi connectivity index (χ2v) is 6.50. The Labute approximate surface area is 136 Å². The van der Waals surface area contributed by atoms with Crippen LogP contribution in [0.4, 0.5) is 0 Å². The molecule has 0 radical (unpaired) electrons. The van der Waals surface area contributed by atoms with Gasteiger partial charge in [-0.1, -0.05) is 18.5 Å². The first-order chi connectivity index (χ1) is 10.0. The molecule has 1 aliphatic rings. The van der Waals surface area contributed by atoms with Crippen LogP contribution in [0.25, 0.3) is 0 Å². The lowest BCUT2D eigenvalue weighted by Gasteiger charge is -2.12. The van der Waals surface area contributed by atoms with E-state index in [-0.39, 0.29) is 10.7 Å². The van der Waals surface area contributed by atoms with Crippen LogP contribution in [0, 0.1) is 0 Å². The number of aryl methyl sites for hydroxylation is 2. The smallest absolute Gasteiger partial charge is 0.255 e. The van der Waals surface area contributed by atoms with E-state index in [9.17, 15) is 4.79 Å². The average molecular weight is 372 g/mol. The molecule has 3 rings (SSSR count). The zero-order valence-corrected chi connectivity index (χ0v) is 14.3. The average Bonchev–Trinajstić information content (AvgIpc) is 3.23. The molecule has 1 aliphatic carbocycles. The highest BCUT2D eigenvalue weighted by Crippen LogP contribution is 2.39. The van der Waals surface area contributed by atoms with Crippen molar-refractivity contribution in [2.24, 2.45) is 7.05 Å². The Morgan fingerprint density at radius 1 is 1.48 bits per heavy atom. The molecule has 7 heteroatoms. The summed E-state index contributed by atoms with van der Waals surface area (Å²) in [6, 6.07) is 1.37. The van der Waals surface area contributed by atoms with Crippen LogP contribution in [0.1, 0.15) is 42.9 Å². The van der Waals surface area contributed by atoms with E-state index in [0.717, 1.165) is 40.9 Å². The van der Waals surface area contributed by atoms with Crippen LogP contribution in [0.5, 0.6) is 0 Å². The highest BCUT2D eigenvalue weighted by molar-refractivity contribution is 9.10. The summed E-state index contributed by atoms with van der Waals surface area (Å²) in [5.41, 5.74) is 1.86. The Bertz CT molecular complexity index is 748. The lowest BCUT2D eigenvalue weighted by Crippen LogP contribution is -2.25. The van der Waals surface area contributed by atoms with Crippen molar-refractivity contribution in [3.05, 3.63) is 43.3 Å². The first-order valence-electron chi connectivity index (χ1n) is 6.98. The quantitative estimate of drug-likeness (QED) is 0.777. The molecule has 21 heavy (non-hydrogen) atoms. The van der Waals surface area contributed by atoms with E-state index in [0.29, 0.717) is 12.5 Å². The van der Waals surface area contributed by atoms with E-state index in [4.69, 9.17) is 11.6 Å². The molecule has 112 valence electrons. The van der Waals surface area contributed by atoms with Gasteiger partial charge in [-0.05, 0) is 35.2 Å². The summed E-state index contributed by atoms with van der Waals surface area (Å²) in [6.07, 6.45) is 2.98. The molecule has 0 unspecified atom stereocenters. The van der Waals surface area contributed by atoms with Crippen LogP contribution in [0.2, 0.25) is 5.15 Å². The van der Waals surface area contributed by atoms with Gasteiger partial charge in [0.15, 0.2) is 0 Å². The number of aromatic nitrogens is 4. The fourth-order valence-electron chi connectivity index (χ4n) is 2.45. The summed E-state index contributed by atoms with van der Waals surface area (Å²) in [6.45, 7) is 2.52. The Morgan fingerprint density at radius 2 is 2.19 bits per heavy atom. The third kappa shape index (κ3) is 2.79. The molecule has 2 aromatic heterocycles. The SMILES string of the molecule is CCc1nn(C)c(Cn2c(C3CC3)nc(Cl)cc2=O)c1Br. The molecule has 0 aliphatic heterocycles. The topological polar surface area (TPSA) is 52.7 Å². The summed E-state index contributed by atoms with van der Waals surface area (Å²) in [5, 5.41) is 4.74. The van der Waals surface area contributed by atoms with E-state index in [1.807, 2.05) is 11.7 Å². The maximum absolute atomic E-state index is 12.3. The van der Waals surface area contributed by atoms with Crippen LogP contribution in [-0.2, 0) is 20.0 Å². The fourth-order valence-corrected chi connectivity index (χ4v) is 3.37. The molecular formula is C14H16BrClN4O. The molecular weight excluding hydrogens is 356 g/mol. The maximum atomic E-state index is 12.3. The van der Waals surface area contributed by atoms with Crippen molar-refractivity contribution in [2.45, 2.75) is 38.6 Å². The van der Waals surface area contributed by atoms with E-state index >= 15 is 0 Å². The molecule has 0 spiro atoms. The Hall–Kier alpha value is -1.14. The number of nitrogens with zero attached hydrogens (tertiary/aromatic N) is 4. The summed E-state index contributed by atoms with van der Waals surface area (Å²) >= 11 is 9.53. The first kappa shape index (κ1) is 14.8. The number of rotatable bonds is 4. The van der Waals surface area contributed by atoms with E-state index < -0.39 is 0 Å². The van der Waals surface area contributed by atoms with Gasteiger partial charge < -0.3 is 0 Å². The number of hydrogen-bond acceptors (Lipinski definition) is 3. The maximum Gasteiger partial charge on any atom is 0.255 e. The van der Waals surface area contributed by atoms with Gasteiger partial charge in [0.25, 0.3) is 5.56 Å². The van der Waals surface area contributed by atoms with Gasteiger partial charge in [-0.15, -0.1) is 0 Å². The number of halogens is 2. The normalized spacial score (nSPS) is 14.7. The third-order valence-corrected chi connectivity index (χ3v) is 4.87. The molecule has 0 atom stereocenters. The van der Waals surface area contributed by atoms with Gasteiger partial charge in [0, 0.05) is 19.0 Å². The zero-order chi connectivity index (χ0) is 15.1. The van der Waals surface area contributed by atoms with Crippen molar-refractivity contribution in [3.8, 4) is 0 Å². The second kappa shape index (κ2) is 5.57. The molecule has 0 amide bonds. The van der Waals surface area contributed by atoms with Gasteiger partial charge in [-0.2, -0.15) is 5.10 Å². The van der Waals surface area contributed by atoms with Crippen LogP contribution >= 0.6 is 27.5 Å². The Morgan fingerprint density at radius 3 is 2.76 bits per heavy atom. The number of hydrogen-bond donors (Lipinski definition) is 0. The predicted molar refractivity (Wildman–Crippen MR) is 84.9 cm³/mol. The van der Waals surface area contributed by atoms with Gasteiger partial charge in [-0.25, -0.2) is 4.98 Å². The minimum absolute atomic E-state index is 0.108. The summed E-state index contributed by atoms with van der Waals surface area (Å²) in [4.78, 5) is 16.7. The molecule has 5 nitrogen and oxygen atoms in total. The summed E-state index contributed by atoms with van der Waals surface area (Å²) < 4.78 is 4.50. The lowest BCUT2D eigenvalue weighted by atomic mass is 10.3. The van der Waals surface area contributed by atoms with E-state index in [1.165, 1.54) is 6.07 Å². The third-order valence-electron chi connectivity index (χ3n) is 3.76. The van der Waals surface area contributed by atoms with Crippen LogP contribution in [0.3, 0.4) is 0 Å². The van der Waals surface area contributed by atoms with Crippen LogP contribution in [0.15, 0.2) is 15.3 Å². The van der Waals surface area contributed by atoms with Crippen molar-refractivity contribution in [2.75, 3.05) is 0 Å². The summed E-state index contributed by atoms with van der Waals surface area (Å²) in [7, 11) is 1.89. The standard InChI is InChI=1S/C14H16BrClN4O/c1-3-9-13(15)10(19(2)18-9)7-20-12(21)6-11(16)17-14(20)8-4-5-8/h6,8H,3-5,7H2,1-2H3.